The van der Waals surface area contributed by atoms with Crippen molar-refractivity contribution in [3.05, 3.63) is 107 Å². The molecular weight excluding hydrogens is 774 g/mol. The molecule has 4 amide bonds. The van der Waals surface area contributed by atoms with Crippen molar-refractivity contribution in [3.8, 4) is 23.0 Å². The van der Waals surface area contributed by atoms with E-state index in [1.54, 1.807) is 0 Å². The molecule has 0 saturated heterocycles. The minimum atomic E-state index is -5.06. The molecule has 15 nitrogen and oxygen atoms in total. The van der Waals surface area contributed by atoms with Crippen molar-refractivity contribution >= 4 is 43.9 Å². The topological polar surface area (TPSA) is 189 Å². The minimum absolute atomic E-state index is 0.100. The number of ether oxygens (including phenoxy) is 3. The maximum absolute atomic E-state index is 13.0. The SMILES string of the molecule is O=C1c2ccc(Oc3ccc4c(c3)C(=O)N(OS(=O)(=O)c3ccc(OC(F)(F)F)cc3)C4=O)cc2C(=O)N1OS(=O)(=O)c1ccc(OC(F)(F)F)cc1. The lowest BCUT2D eigenvalue weighted by atomic mass is 10.1. The standard InChI is InChI=1S/C30H14F6N2O13S2/c31-29(32,33)48-15-1-7-19(8-2-15)52(43,44)50-37-25(39)21-11-5-17(13-23(21)27(37)41)47-18-6-12-22-24(14-18)28(42)38(26(22)40)51-53(45,46)20-9-3-16(4-10-20)49-30(34,35)36/h1-14H. The zero-order valence-corrected chi connectivity index (χ0v) is 27.0. The van der Waals surface area contributed by atoms with E-state index in [9.17, 15) is 62.4 Å². The summed E-state index contributed by atoms with van der Waals surface area (Å²) in [5.74, 6) is -6.84. The largest absolute Gasteiger partial charge is 0.573 e. The fourth-order valence-corrected chi connectivity index (χ4v) is 6.47. The molecule has 6 rings (SSSR count). The number of fused-ring (bicyclic) bond motifs is 2. The van der Waals surface area contributed by atoms with Crippen molar-refractivity contribution in [2.24, 2.45) is 0 Å². The Morgan fingerprint density at radius 3 is 1.06 bits per heavy atom. The van der Waals surface area contributed by atoms with Crippen LogP contribution < -0.4 is 14.2 Å². The quantitative estimate of drug-likeness (QED) is 0.152. The number of rotatable bonds is 10. The van der Waals surface area contributed by atoms with Gasteiger partial charge < -0.3 is 14.2 Å². The van der Waals surface area contributed by atoms with Crippen molar-refractivity contribution in [1.29, 1.82) is 0 Å². The highest BCUT2D eigenvalue weighted by atomic mass is 32.2. The molecular formula is C30H14F6N2O13S2. The summed E-state index contributed by atoms with van der Waals surface area (Å²) < 4.78 is 148. The molecule has 0 spiro atoms. The van der Waals surface area contributed by atoms with E-state index in [1.807, 2.05) is 0 Å². The van der Waals surface area contributed by atoms with E-state index < -0.39 is 89.0 Å². The zero-order valence-electron chi connectivity index (χ0n) is 25.4. The van der Waals surface area contributed by atoms with Crippen molar-refractivity contribution < 1.29 is 85.1 Å². The molecule has 53 heavy (non-hydrogen) atoms. The second kappa shape index (κ2) is 12.9. The molecule has 0 atom stereocenters. The van der Waals surface area contributed by atoms with Gasteiger partial charge >= 0.3 is 33.0 Å². The molecule has 0 aromatic heterocycles. The number of halogens is 6. The fourth-order valence-electron chi connectivity index (χ4n) is 4.69. The summed E-state index contributed by atoms with van der Waals surface area (Å²) in [6.45, 7) is 0. The number of carbonyl (C=O) groups excluding carboxylic acids is 4. The van der Waals surface area contributed by atoms with Crippen LogP contribution in [-0.4, -0.2) is 63.3 Å². The van der Waals surface area contributed by atoms with E-state index in [1.165, 1.54) is 0 Å². The Morgan fingerprint density at radius 2 is 0.736 bits per heavy atom. The summed E-state index contributed by atoms with van der Waals surface area (Å²) in [5.41, 5.74) is -1.49. The molecule has 0 N–H and O–H groups in total. The third-order valence-corrected chi connectivity index (χ3v) is 9.30. The van der Waals surface area contributed by atoms with Crippen LogP contribution in [0.15, 0.2) is 94.7 Å². The van der Waals surface area contributed by atoms with Gasteiger partial charge in [-0.2, -0.15) is 16.8 Å². The van der Waals surface area contributed by atoms with Gasteiger partial charge in [-0.25, -0.2) is 0 Å². The van der Waals surface area contributed by atoms with Gasteiger partial charge in [0.2, 0.25) is 0 Å². The number of hydrogen-bond donors (Lipinski definition) is 0. The number of imide groups is 2. The van der Waals surface area contributed by atoms with Gasteiger partial charge in [0.25, 0.3) is 23.6 Å². The third kappa shape index (κ3) is 7.62. The van der Waals surface area contributed by atoms with Crippen LogP contribution in [0.2, 0.25) is 0 Å². The van der Waals surface area contributed by atoms with E-state index in [-0.39, 0.29) is 32.8 Å². The van der Waals surface area contributed by atoms with Crippen molar-refractivity contribution in [2.45, 2.75) is 22.5 Å². The van der Waals surface area contributed by atoms with Gasteiger partial charge in [0.15, 0.2) is 0 Å². The molecule has 2 heterocycles. The molecule has 4 aromatic rings. The van der Waals surface area contributed by atoms with E-state index in [2.05, 4.69) is 18.0 Å². The average Bonchev–Trinajstić information content (AvgIpc) is 3.42. The number of carbonyl (C=O) groups is 4. The monoisotopic (exact) mass is 788 g/mol. The highest BCUT2D eigenvalue weighted by Gasteiger charge is 2.42. The van der Waals surface area contributed by atoms with Crippen molar-refractivity contribution in [3.63, 3.8) is 0 Å². The molecule has 2 aliphatic heterocycles. The summed E-state index contributed by atoms with van der Waals surface area (Å²) in [6, 6.07) is 11.8. The molecule has 0 aliphatic carbocycles. The van der Waals surface area contributed by atoms with Crippen LogP contribution in [0, 0.1) is 0 Å². The first kappa shape index (κ1) is 36.7. The number of amides is 4. The van der Waals surface area contributed by atoms with Crippen LogP contribution in [-0.2, 0) is 28.8 Å². The van der Waals surface area contributed by atoms with Gasteiger partial charge in [-0.1, -0.05) is 0 Å². The lowest BCUT2D eigenvalue weighted by Gasteiger charge is -2.13. The summed E-state index contributed by atoms with van der Waals surface area (Å²) in [5, 5.41) is -0.201. The normalized spacial score (nSPS) is 14.8. The number of benzene rings is 4. The Bertz CT molecular complexity index is 2250. The van der Waals surface area contributed by atoms with E-state index >= 15 is 0 Å². The zero-order chi connectivity index (χ0) is 38.7. The Balaban J connectivity index is 1.14. The summed E-state index contributed by atoms with van der Waals surface area (Å²) in [4.78, 5) is 50.2. The van der Waals surface area contributed by atoms with Gasteiger partial charge in [0, 0.05) is 0 Å². The van der Waals surface area contributed by atoms with Crippen molar-refractivity contribution in [2.75, 3.05) is 0 Å². The van der Waals surface area contributed by atoms with Crippen LogP contribution >= 0.6 is 0 Å². The first-order chi connectivity index (χ1) is 24.6. The third-order valence-electron chi connectivity index (χ3n) is 6.91. The Hall–Kier alpha value is -6.04. The molecule has 0 saturated carbocycles. The van der Waals surface area contributed by atoms with Gasteiger partial charge in [-0.3, -0.25) is 19.2 Å². The number of alkyl halides is 6. The minimum Gasteiger partial charge on any atom is -0.457 e. The van der Waals surface area contributed by atoms with Crippen LogP contribution in [0.1, 0.15) is 41.4 Å². The summed E-state index contributed by atoms with van der Waals surface area (Å²) in [7, 11) is -9.88. The molecule has 23 heteroatoms. The van der Waals surface area contributed by atoms with Crippen LogP contribution in [0.4, 0.5) is 26.3 Å². The summed E-state index contributed by atoms with van der Waals surface area (Å²) >= 11 is 0. The molecule has 276 valence electrons. The Labute approximate surface area is 291 Å². The molecule has 0 radical (unpaired) electrons. The second-order valence-electron chi connectivity index (χ2n) is 10.4. The van der Waals surface area contributed by atoms with Crippen LogP contribution in [0.25, 0.3) is 0 Å². The van der Waals surface area contributed by atoms with E-state index in [0.29, 0.717) is 48.5 Å². The highest BCUT2D eigenvalue weighted by Crippen LogP contribution is 2.35. The summed E-state index contributed by atoms with van der Waals surface area (Å²) in [6.07, 6.45) is -10.1. The van der Waals surface area contributed by atoms with Gasteiger partial charge in [-0.15, -0.1) is 45.0 Å². The highest BCUT2D eigenvalue weighted by molar-refractivity contribution is 7.87. The maximum Gasteiger partial charge on any atom is 0.573 e. The fraction of sp³-hybridized carbons (Fsp3) is 0.0667. The van der Waals surface area contributed by atoms with E-state index in [0.717, 1.165) is 36.4 Å². The molecule has 4 aromatic carbocycles. The van der Waals surface area contributed by atoms with Gasteiger partial charge in [0.05, 0.1) is 32.0 Å². The first-order valence-corrected chi connectivity index (χ1v) is 16.8. The smallest absolute Gasteiger partial charge is 0.457 e. The molecule has 0 fully saturated rings. The Morgan fingerprint density at radius 1 is 0.434 bits per heavy atom. The predicted octanol–water partition coefficient (Wildman–Crippen LogP) is 5.11. The average molecular weight is 789 g/mol. The molecule has 2 aliphatic rings. The van der Waals surface area contributed by atoms with Crippen LogP contribution in [0.5, 0.6) is 23.0 Å². The Kier molecular flexibility index (Phi) is 8.92. The van der Waals surface area contributed by atoms with Gasteiger partial charge in [0.1, 0.15) is 23.0 Å². The van der Waals surface area contributed by atoms with Crippen LogP contribution in [0.3, 0.4) is 0 Å². The number of hydrogen-bond acceptors (Lipinski definition) is 13. The van der Waals surface area contributed by atoms with Gasteiger partial charge in [-0.05, 0) is 84.9 Å². The lowest BCUT2D eigenvalue weighted by molar-refractivity contribution is -0.275. The number of hydroxylamine groups is 4. The molecule has 0 unspecified atom stereocenters. The lowest BCUT2D eigenvalue weighted by Crippen LogP contribution is -2.32. The number of nitrogens with zero attached hydrogens (tertiary/aromatic N) is 2. The predicted molar refractivity (Wildman–Crippen MR) is 157 cm³/mol. The first-order valence-electron chi connectivity index (χ1n) is 14.0. The van der Waals surface area contributed by atoms with Crippen molar-refractivity contribution in [1.82, 2.24) is 10.1 Å². The maximum atomic E-state index is 13.0. The molecule has 0 bridgehead atoms. The second-order valence-corrected chi connectivity index (χ2v) is 13.5. The van der Waals surface area contributed by atoms with E-state index in [4.69, 9.17) is 4.74 Å².